The zero-order valence-electron chi connectivity index (χ0n) is 54.5. The highest BCUT2D eigenvalue weighted by Gasteiger charge is 2.50. The van der Waals surface area contributed by atoms with Gasteiger partial charge in [-0.15, -0.1) is 0 Å². The fraction of sp³-hybridized carbons (Fsp3) is 0.734. The molecule has 26 heteroatoms. The maximum Gasteiger partial charge on any atom is 0.417 e. The highest BCUT2D eigenvalue weighted by Crippen LogP contribution is 2.37. The van der Waals surface area contributed by atoms with Crippen molar-refractivity contribution in [3.05, 3.63) is 34.3 Å². The number of rotatable bonds is 9. The number of halogens is 4. The van der Waals surface area contributed by atoms with Crippen molar-refractivity contribution in [2.75, 3.05) is 68.5 Å². The summed E-state index contributed by atoms with van der Waals surface area (Å²) in [6.45, 7) is 7.27. The minimum atomic E-state index is -4.74. The van der Waals surface area contributed by atoms with Crippen molar-refractivity contribution >= 4 is 76.6 Å². The predicted octanol–water partition coefficient (Wildman–Crippen LogP) is 4.92. The van der Waals surface area contributed by atoms with E-state index in [-0.39, 0.29) is 63.3 Å². The highest BCUT2D eigenvalue weighted by atomic mass is 35.5. The van der Waals surface area contributed by atoms with Gasteiger partial charge in [-0.3, -0.25) is 52.7 Å². The average molecular weight is 1290 g/mol. The van der Waals surface area contributed by atoms with Gasteiger partial charge in [0.15, 0.2) is 0 Å². The number of likely N-dealkylation sites (N-methyl/N-ethyl adjacent to an activating group) is 6. The third kappa shape index (κ3) is 17.9. The van der Waals surface area contributed by atoms with E-state index in [2.05, 4.69) is 21.3 Å². The van der Waals surface area contributed by atoms with Gasteiger partial charge < -0.3 is 55.6 Å². The lowest BCUT2D eigenvalue weighted by molar-refractivity contribution is -0.149. The van der Waals surface area contributed by atoms with E-state index in [0.29, 0.717) is 44.1 Å². The Bertz CT molecular complexity index is 2790. The molecule has 0 aromatic heterocycles. The predicted molar refractivity (Wildman–Crippen MR) is 330 cm³/mol. The second-order valence-electron chi connectivity index (χ2n) is 26.6. The van der Waals surface area contributed by atoms with E-state index in [9.17, 15) is 65.9 Å². The third-order valence-corrected chi connectivity index (χ3v) is 19.8. The molecule has 2 saturated heterocycles. The van der Waals surface area contributed by atoms with Gasteiger partial charge in [0.05, 0.1) is 30.2 Å². The van der Waals surface area contributed by atoms with Crippen molar-refractivity contribution < 1.29 is 65.9 Å². The Hall–Kier alpha value is -6.53. The van der Waals surface area contributed by atoms with Gasteiger partial charge in [-0.1, -0.05) is 103 Å². The Kier molecular flexibility index (Phi) is 25.5. The van der Waals surface area contributed by atoms with Gasteiger partial charge >= 0.3 is 6.18 Å². The Morgan fingerprint density at radius 1 is 0.656 bits per heavy atom. The molecule has 2 aliphatic heterocycles. The Labute approximate surface area is 533 Å². The minimum Gasteiger partial charge on any atom is -0.351 e. The normalized spacial score (nSPS) is 27.2. The van der Waals surface area contributed by atoms with E-state index in [1.165, 1.54) is 72.9 Å². The van der Waals surface area contributed by atoms with Crippen molar-refractivity contribution in [3.8, 4) is 0 Å². The number of hydrogen-bond acceptors (Lipinski definition) is 11. The van der Waals surface area contributed by atoms with Crippen molar-refractivity contribution in [3.63, 3.8) is 0 Å². The molecule has 5 aliphatic rings. The molecule has 22 nitrogen and oxygen atoms in total. The highest BCUT2D eigenvalue weighted by molar-refractivity contribution is 6.31. The van der Waals surface area contributed by atoms with E-state index >= 15 is 0 Å². The Morgan fingerprint density at radius 3 is 1.88 bits per heavy atom. The van der Waals surface area contributed by atoms with E-state index in [1.807, 2.05) is 6.92 Å². The first-order valence-corrected chi connectivity index (χ1v) is 32.6. The van der Waals surface area contributed by atoms with Crippen LogP contribution in [0.4, 0.5) is 13.2 Å². The second-order valence-corrected chi connectivity index (χ2v) is 27.0. The summed E-state index contributed by atoms with van der Waals surface area (Å²) in [5, 5.41) is 11.0. The lowest BCUT2D eigenvalue weighted by Crippen LogP contribution is -2.64. The zero-order valence-corrected chi connectivity index (χ0v) is 55.2. The third-order valence-electron chi connectivity index (χ3n) is 19.5. The van der Waals surface area contributed by atoms with E-state index in [0.717, 1.165) is 60.5 Å². The van der Waals surface area contributed by atoms with E-state index in [1.54, 1.807) is 27.7 Å². The van der Waals surface area contributed by atoms with Gasteiger partial charge in [-0.05, 0) is 106 Å². The van der Waals surface area contributed by atoms with Crippen LogP contribution < -0.4 is 21.3 Å². The van der Waals surface area contributed by atoms with Crippen molar-refractivity contribution in [2.24, 2.45) is 23.7 Å². The summed E-state index contributed by atoms with van der Waals surface area (Å²) in [6.07, 6.45) is 4.05. The molecule has 90 heavy (non-hydrogen) atoms. The standard InChI is InChI=1S/C64H97ClF3N11O11/c1-12-39(4)53-61(89)75(8)36-51(82)73(6)37-52(83)76(9)48(34-41-20-14-13-15-21-41)60(88)74(7)35-49(80)70-46(28-26-42-25-27-44(45(65)33-42)64(66,67)68)59(87)79-31-19-24-47(79)56(84)72-63(29-16-17-30-63)62(90)78(11)54(38(2)3)57(85)69-40(5)32-50(81)77(10)55(58(86)71-53)43-22-18-23-43/h25,27,33,38-41,43,46-48,53-55H,12-24,26,28-32,34-37H2,1-11H3,(H,69,85)(H,70,80)(H,71,86)(H,72,84)/t39?,40-,46+,47+,48+,53+,54+,55+/m1/s1. The van der Waals surface area contributed by atoms with Crippen molar-refractivity contribution in [1.82, 2.24) is 55.6 Å². The summed E-state index contributed by atoms with van der Waals surface area (Å²) in [7, 11) is 8.62. The number of fused-ring (bicyclic) bond motifs is 1. The molecular formula is C64H97ClF3N11O11. The number of alkyl halides is 3. The summed E-state index contributed by atoms with van der Waals surface area (Å²) in [6, 6.07) is -4.45. The fourth-order valence-corrected chi connectivity index (χ4v) is 13.9. The van der Waals surface area contributed by atoms with Crippen molar-refractivity contribution in [2.45, 2.75) is 211 Å². The van der Waals surface area contributed by atoms with Crippen LogP contribution >= 0.6 is 11.6 Å². The summed E-state index contributed by atoms with van der Waals surface area (Å²) < 4.78 is 41.3. The van der Waals surface area contributed by atoms with Crippen LogP contribution in [0, 0.1) is 23.7 Å². The maximum atomic E-state index is 15.0. The molecule has 2 heterocycles. The quantitative estimate of drug-likeness (QED) is 0.258. The molecule has 1 unspecified atom stereocenters. The van der Waals surface area contributed by atoms with Crippen LogP contribution in [-0.4, -0.2) is 216 Å². The number of benzene rings is 1. The first kappa shape index (κ1) is 72.5. The SMILES string of the molecule is CCC(C)[C@@H]1NC(=O)[C@H](C2CCC2)N(C)C(=O)C[C@@H](C)NC(=O)[C@H](C(C)C)N(C)C(=O)C2(CCCC2)NC(=O)[C@@H]2CCCN2C(=O)[C@H](CCc2ccc(C(F)(F)F)c(Cl)c2)NC(=O)CN(C)C(=O)[C@H](CC2CCCCC2)N(C)C(=O)CN(C)C(=O)CN(C)C1=O. The van der Waals surface area contributed by atoms with Gasteiger partial charge in [0.25, 0.3) is 0 Å². The number of hydrogen-bond donors (Lipinski definition) is 4. The fourth-order valence-electron chi connectivity index (χ4n) is 13.6. The molecule has 11 amide bonds. The molecule has 3 saturated carbocycles. The van der Waals surface area contributed by atoms with Crippen LogP contribution in [0.15, 0.2) is 18.2 Å². The molecule has 1 spiro atoms. The monoisotopic (exact) mass is 1290 g/mol. The zero-order chi connectivity index (χ0) is 66.7. The average Bonchev–Trinajstić information content (AvgIpc) is 1.86. The number of aryl methyl sites for hydroxylation is 1. The number of nitrogens with one attached hydrogen (secondary N) is 4. The van der Waals surface area contributed by atoms with Crippen LogP contribution in [0.3, 0.4) is 0 Å². The molecule has 502 valence electrons. The summed E-state index contributed by atoms with van der Waals surface area (Å²) in [5.74, 6) is -7.76. The van der Waals surface area contributed by atoms with Gasteiger partial charge in [0.2, 0.25) is 65.0 Å². The molecule has 1 aromatic rings. The smallest absolute Gasteiger partial charge is 0.351 e. The molecule has 4 N–H and O–H groups in total. The van der Waals surface area contributed by atoms with Crippen LogP contribution in [-0.2, 0) is 65.3 Å². The topological polar surface area (TPSA) is 259 Å². The lowest BCUT2D eigenvalue weighted by Gasteiger charge is -2.40. The minimum absolute atomic E-state index is 0.0370. The largest absolute Gasteiger partial charge is 0.417 e. The van der Waals surface area contributed by atoms with Crippen LogP contribution in [0.1, 0.15) is 161 Å². The van der Waals surface area contributed by atoms with Gasteiger partial charge in [-0.2, -0.15) is 13.2 Å². The molecule has 3 aliphatic carbocycles. The van der Waals surface area contributed by atoms with Crippen LogP contribution in [0.25, 0.3) is 0 Å². The Balaban J connectivity index is 1.35. The molecule has 0 bridgehead atoms. The molecule has 6 rings (SSSR count). The molecule has 5 fully saturated rings. The van der Waals surface area contributed by atoms with Crippen LogP contribution in [0.5, 0.6) is 0 Å². The first-order chi connectivity index (χ1) is 42.3. The summed E-state index contributed by atoms with van der Waals surface area (Å²) >= 11 is 6.11. The molecule has 8 atom stereocenters. The number of carbonyl (C=O) groups excluding carboxylic acids is 11. The lowest BCUT2D eigenvalue weighted by atomic mass is 9.78. The first-order valence-electron chi connectivity index (χ1n) is 32.2. The van der Waals surface area contributed by atoms with Gasteiger partial charge in [-0.25, -0.2) is 0 Å². The molecular weight excluding hydrogens is 1190 g/mol. The van der Waals surface area contributed by atoms with Gasteiger partial charge in [0.1, 0.15) is 41.8 Å². The summed E-state index contributed by atoms with van der Waals surface area (Å²) in [5.41, 5.74) is -2.24. The van der Waals surface area contributed by atoms with Crippen molar-refractivity contribution in [1.29, 1.82) is 0 Å². The van der Waals surface area contributed by atoms with Gasteiger partial charge in [0, 0.05) is 61.3 Å². The number of nitrogens with zero attached hydrogens (tertiary/aromatic N) is 7. The molecule has 0 radical (unpaired) electrons. The molecule has 1 aromatic carbocycles. The number of carbonyl (C=O) groups is 11. The summed E-state index contributed by atoms with van der Waals surface area (Å²) in [4.78, 5) is 168. The van der Waals surface area contributed by atoms with E-state index < -0.39 is 161 Å². The van der Waals surface area contributed by atoms with E-state index in [4.69, 9.17) is 11.6 Å². The Morgan fingerprint density at radius 2 is 1.29 bits per heavy atom. The van der Waals surface area contributed by atoms with Crippen LogP contribution in [0.2, 0.25) is 5.02 Å². The number of amides is 11. The second kappa shape index (κ2) is 31.7. The maximum absolute atomic E-state index is 15.0.